The lowest BCUT2D eigenvalue weighted by Crippen LogP contribution is -2.26. The van der Waals surface area contributed by atoms with Gasteiger partial charge in [0.05, 0.1) is 5.69 Å². The zero-order chi connectivity index (χ0) is 10.6. The molecule has 2 N–H and O–H groups in total. The van der Waals surface area contributed by atoms with Crippen LogP contribution in [-0.2, 0) is 6.42 Å². The van der Waals surface area contributed by atoms with Gasteiger partial charge in [0.25, 0.3) is 0 Å². The maximum Gasteiger partial charge on any atom is 0.150 e. The van der Waals surface area contributed by atoms with Crippen molar-refractivity contribution >= 4 is 17.4 Å². The van der Waals surface area contributed by atoms with Crippen LogP contribution >= 0.6 is 11.6 Å². The van der Waals surface area contributed by atoms with Crippen molar-refractivity contribution in [3.8, 4) is 0 Å². The van der Waals surface area contributed by atoms with Crippen LogP contribution in [0.3, 0.4) is 0 Å². The van der Waals surface area contributed by atoms with Crippen molar-refractivity contribution < 1.29 is 0 Å². The highest BCUT2D eigenvalue weighted by Crippen LogP contribution is 2.24. The Morgan fingerprint density at radius 3 is 2.79 bits per heavy atom. The van der Waals surface area contributed by atoms with Gasteiger partial charge in [-0.1, -0.05) is 18.5 Å². The number of rotatable bonds is 4. The molecule has 0 amide bonds. The third-order valence-electron chi connectivity index (χ3n) is 2.00. The Morgan fingerprint density at radius 1 is 1.50 bits per heavy atom. The minimum atomic E-state index is 0.582. The second-order valence-electron chi connectivity index (χ2n) is 3.02. The lowest BCUT2D eigenvalue weighted by atomic mass is 10.3. The predicted molar refractivity (Wildman–Crippen MR) is 58.7 cm³/mol. The first-order chi connectivity index (χ1) is 6.70. The van der Waals surface area contributed by atoms with E-state index < -0.39 is 0 Å². The van der Waals surface area contributed by atoms with Gasteiger partial charge in [0.15, 0.2) is 5.82 Å². The lowest BCUT2D eigenvalue weighted by molar-refractivity contribution is 0.856. The molecule has 1 heterocycles. The molecule has 0 bridgehead atoms. The van der Waals surface area contributed by atoms with Gasteiger partial charge in [0.2, 0.25) is 0 Å². The minimum absolute atomic E-state index is 0.582. The maximum atomic E-state index is 6.13. The molecule has 0 atom stereocenters. The van der Waals surface area contributed by atoms with Crippen molar-refractivity contribution in [3.63, 3.8) is 0 Å². The highest BCUT2D eigenvalue weighted by Gasteiger charge is 2.10. The zero-order valence-corrected chi connectivity index (χ0v) is 9.25. The maximum absolute atomic E-state index is 6.13. The summed E-state index contributed by atoms with van der Waals surface area (Å²) in [6.45, 7) is 3.33. The second-order valence-corrected chi connectivity index (χ2v) is 3.40. The molecule has 0 unspecified atom stereocenters. The van der Waals surface area contributed by atoms with Crippen LogP contribution in [0.2, 0.25) is 5.02 Å². The van der Waals surface area contributed by atoms with E-state index in [0.717, 1.165) is 24.5 Å². The standard InChI is InChI=1S/C9H15ClN4/c1-3-7-8(10)9(13-6-12-7)14(2)5-4-11/h6H,3-5,11H2,1-2H3. The summed E-state index contributed by atoms with van der Waals surface area (Å²) < 4.78 is 0. The van der Waals surface area contributed by atoms with E-state index in [4.69, 9.17) is 17.3 Å². The van der Waals surface area contributed by atoms with Gasteiger partial charge >= 0.3 is 0 Å². The lowest BCUT2D eigenvalue weighted by Gasteiger charge is -2.18. The van der Waals surface area contributed by atoms with E-state index in [1.165, 1.54) is 6.33 Å². The molecule has 0 aromatic carbocycles. The quantitative estimate of drug-likeness (QED) is 0.815. The Kier molecular flexibility index (Phi) is 4.10. The van der Waals surface area contributed by atoms with Crippen molar-refractivity contribution in [2.75, 3.05) is 25.0 Å². The molecule has 0 spiro atoms. The van der Waals surface area contributed by atoms with Gasteiger partial charge in [0.1, 0.15) is 11.3 Å². The van der Waals surface area contributed by atoms with Gasteiger partial charge in [-0.25, -0.2) is 9.97 Å². The molecule has 0 aliphatic carbocycles. The van der Waals surface area contributed by atoms with Crippen molar-refractivity contribution in [3.05, 3.63) is 17.0 Å². The number of aryl methyl sites for hydroxylation is 1. The van der Waals surface area contributed by atoms with E-state index in [9.17, 15) is 0 Å². The average Bonchev–Trinajstić information content (AvgIpc) is 2.18. The van der Waals surface area contributed by atoms with Crippen molar-refractivity contribution in [2.45, 2.75) is 13.3 Å². The number of aromatic nitrogens is 2. The Balaban J connectivity index is 2.96. The van der Waals surface area contributed by atoms with Gasteiger partial charge in [-0.05, 0) is 6.42 Å². The van der Waals surface area contributed by atoms with Crippen LogP contribution < -0.4 is 10.6 Å². The molecular formula is C9H15ClN4. The molecule has 0 aliphatic rings. The fraction of sp³-hybridized carbons (Fsp3) is 0.556. The molecule has 5 heteroatoms. The monoisotopic (exact) mass is 214 g/mol. The van der Waals surface area contributed by atoms with Crippen molar-refractivity contribution in [2.24, 2.45) is 5.73 Å². The number of nitrogens with zero attached hydrogens (tertiary/aromatic N) is 3. The summed E-state index contributed by atoms with van der Waals surface area (Å²) in [5.41, 5.74) is 6.33. The number of hydrogen-bond donors (Lipinski definition) is 1. The van der Waals surface area contributed by atoms with E-state index in [2.05, 4.69) is 9.97 Å². The molecule has 0 saturated carbocycles. The van der Waals surface area contributed by atoms with Gasteiger partial charge < -0.3 is 10.6 Å². The SMILES string of the molecule is CCc1ncnc(N(C)CCN)c1Cl. The summed E-state index contributed by atoms with van der Waals surface area (Å²) in [4.78, 5) is 10.2. The van der Waals surface area contributed by atoms with Crippen LogP contribution in [0.15, 0.2) is 6.33 Å². The summed E-state index contributed by atoms with van der Waals surface area (Å²) in [7, 11) is 1.92. The number of halogens is 1. The Labute approximate surface area is 89.1 Å². The summed E-state index contributed by atoms with van der Waals surface area (Å²) in [6.07, 6.45) is 2.35. The normalized spacial score (nSPS) is 10.3. The Bertz CT molecular complexity index is 303. The number of anilines is 1. The largest absolute Gasteiger partial charge is 0.357 e. The van der Waals surface area contributed by atoms with Crippen LogP contribution in [0.5, 0.6) is 0 Å². The zero-order valence-electron chi connectivity index (χ0n) is 8.50. The third kappa shape index (κ3) is 2.33. The fourth-order valence-electron chi connectivity index (χ4n) is 1.21. The van der Waals surface area contributed by atoms with Crippen molar-refractivity contribution in [1.82, 2.24) is 9.97 Å². The first-order valence-electron chi connectivity index (χ1n) is 4.61. The van der Waals surface area contributed by atoms with Crippen LogP contribution in [0.4, 0.5) is 5.82 Å². The molecule has 4 nitrogen and oxygen atoms in total. The number of likely N-dealkylation sites (N-methyl/N-ethyl adjacent to an activating group) is 1. The number of nitrogens with two attached hydrogens (primary N) is 1. The van der Waals surface area contributed by atoms with E-state index >= 15 is 0 Å². The Morgan fingerprint density at radius 2 is 2.21 bits per heavy atom. The van der Waals surface area contributed by atoms with Gasteiger partial charge in [-0.2, -0.15) is 0 Å². The summed E-state index contributed by atoms with van der Waals surface area (Å²) in [6, 6.07) is 0. The predicted octanol–water partition coefficient (Wildman–Crippen LogP) is 1.09. The molecule has 1 aromatic heterocycles. The second kappa shape index (κ2) is 5.12. The Hall–Kier alpha value is -0.870. The fourth-order valence-corrected chi connectivity index (χ4v) is 1.58. The van der Waals surface area contributed by atoms with Gasteiger partial charge in [-0.15, -0.1) is 0 Å². The van der Waals surface area contributed by atoms with Gasteiger partial charge in [0, 0.05) is 20.1 Å². The topological polar surface area (TPSA) is 55.0 Å². The molecule has 0 fully saturated rings. The smallest absolute Gasteiger partial charge is 0.150 e. The summed E-state index contributed by atoms with van der Waals surface area (Å²) in [5, 5.41) is 0.631. The van der Waals surface area contributed by atoms with E-state index in [1.807, 2.05) is 18.9 Å². The highest BCUT2D eigenvalue weighted by molar-refractivity contribution is 6.33. The molecule has 14 heavy (non-hydrogen) atoms. The van der Waals surface area contributed by atoms with Crippen LogP contribution in [0.25, 0.3) is 0 Å². The average molecular weight is 215 g/mol. The first kappa shape index (κ1) is 11.2. The third-order valence-corrected chi connectivity index (χ3v) is 2.39. The van der Waals surface area contributed by atoms with Crippen LogP contribution in [0.1, 0.15) is 12.6 Å². The van der Waals surface area contributed by atoms with Crippen molar-refractivity contribution in [1.29, 1.82) is 0 Å². The van der Waals surface area contributed by atoms with Gasteiger partial charge in [-0.3, -0.25) is 0 Å². The molecule has 0 aliphatic heterocycles. The van der Waals surface area contributed by atoms with Crippen LogP contribution in [0, 0.1) is 0 Å². The first-order valence-corrected chi connectivity index (χ1v) is 4.99. The molecule has 1 aromatic rings. The highest BCUT2D eigenvalue weighted by atomic mass is 35.5. The molecule has 78 valence electrons. The molecule has 0 saturated heterocycles. The molecule has 1 rings (SSSR count). The van der Waals surface area contributed by atoms with E-state index in [0.29, 0.717) is 11.6 Å². The molecular weight excluding hydrogens is 200 g/mol. The number of hydrogen-bond acceptors (Lipinski definition) is 4. The minimum Gasteiger partial charge on any atom is -0.357 e. The molecule has 0 radical (unpaired) electrons. The van der Waals surface area contributed by atoms with E-state index in [-0.39, 0.29) is 0 Å². The van der Waals surface area contributed by atoms with E-state index in [1.54, 1.807) is 0 Å². The van der Waals surface area contributed by atoms with Crippen LogP contribution in [-0.4, -0.2) is 30.1 Å². The summed E-state index contributed by atoms with van der Waals surface area (Å²) in [5.74, 6) is 0.754. The summed E-state index contributed by atoms with van der Waals surface area (Å²) >= 11 is 6.13.